The maximum atomic E-state index is 10.5. The highest BCUT2D eigenvalue weighted by atomic mass is 79.9. The van der Waals surface area contributed by atoms with E-state index in [4.69, 9.17) is 9.84 Å². The van der Waals surface area contributed by atoms with Gasteiger partial charge in [0.25, 0.3) is 0 Å². The maximum absolute atomic E-state index is 10.5. The van der Waals surface area contributed by atoms with E-state index in [-0.39, 0.29) is 6.42 Å². The second-order valence-electron chi connectivity index (χ2n) is 3.85. The number of nitrogens with zero attached hydrogens (tertiary/aromatic N) is 3. The number of hydrogen-bond acceptors (Lipinski definition) is 4. The highest BCUT2D eigenvalue weighted by Gasteiger charge is 2.05. The zero-order valence-corrected chi connectivity index (χ0v) is 11.6. The summed E-state index contributed by atoms with van der Waals surface area (Å²) < 4.78 is 8.09. The Kier molecular flexibility index (Phi) is 4.51. The van der Waals surface area contributed by atoms with Gasteiger partial charge in [0, 0.05) is 10.7 Å². The lowest BCUT2D eigenvalue weighted by atomic mass is 10.3. The summed E-state index contributed by atoms with van der Waals surface area (Å²) in [6.45, 7) is 0.959. The van der Waals surface area contributed by atoms with Crippen molar-refractivity contribution in [2.75, 3.05) is 6.61 Å². The van der Waals surface area contributed by atoms with Gasteiger partial charge >= 0.3 is 5.97 Å². The van der Waals surface area contributed by atoms with Gasteiger partial charge in [-0.05, 0) is 24.3 Å². The number of carbonyl (C=O) groups is 1. The summed E-state index contributed by atoms with van der Waals surface area (Å²) in [6.07, 6.45) is 1.49. The quantitative estimate of drug-likeness (QED) is 0.875. The van der Waals surface area contributed by atoms with Crippen LogP contribution in [0.3, 0.4) is 0 Å². The summed E-state index contributed by atoms with van der Waals surface area (Å²) >= 11 is 3.35. The minimum absolute atomic E-state index is 0.117. The average Bonchev–Trinajstić information content (AvgIpc) is 2.78. The summed E-state index contributed by atoms with van der Waals surface area (Å²) in [6, 6.07) is 7.52. The maximum Gasteiger partial charge on any atom is 0.309 e. The van der Waals surface area contributed by atoms with Gasteiger partial charge in [0.2, 0.25) is 0 Å². The van der Waals surface area contributed by atoms with Crippen molar-refractivity contribution in [3.8, 4) is 5.75 Å². The molecule has 100 valence electrons. The Morgan fingerprint density at radius 1 is 1.37 bits per heavy atom. The molecule has 1 aromatic carbocycles. The van der Waals surface area contributed by atoms with Gasteiger partial charge in [-0.25, -0.2) is 4.68 Å². The molecule has 0 atom stereocenters. The number of rotatable bonds is 6. The standard InChI is InChI=1S/C12H12BrN3O3/c13-9-1-3-11(4-2-9)19-6-5-16-8-10(14-15-16)7-12(17)18/h1-4,8H,5-7H2,(H,17,18). The van der Waals surface area contributed by atoms with Gasteiger partial charge < -0.3 is 9.84 Å². The fourth-order valence-electron chi connectivity index (χ4n) is 1.47. The van der Waals surface area contributed by atoms with Crippen LogP contribution >= 0.6 is 15.9 Å². The number of carboxylic acid groups (broad SMARTS) is 1. The number of halogens is 1. The third kappa shape index (κ3) is 4.36. The van der Waals surface area contributed by atoms with E-state index < -0.39 is 5.97 Å². The van der Waals surface area contributed by atoms with Crippen LogP contribution < -0.4 is 4.74 Å². The SMILES string of the molecule is O=C(O)Cc1cn(CCOc2ccc(Br)cc2)nn1. The van der Waals surface area contributed by atoms with Crippen LogP contribution in [-0.4, -0.2) is 32.7 Å². The van der Waals surface area contributed by atoms with Crippen LogP contribution in [0, 0.1) is 0 Å². The van der Waals surface area contributed by atoms with Crippen molar-refractivity contribution in [2.24, 2.45) is 0 Å². The first-order valence-electron chi connectivity index (χ1n) is 5.62. The third-order valence-corrected chi connectivity index (χ3v) is 2.85. The molecule has 0 amide bonds. The number of ether oxygens (including phenoxy) is 1. The van der Waals surface area contributed by atoms with Gasteiger partial charge in [0.1, 0.15) is 12.4 Å². The van der Waals surface area contributed by atoms with Crippen molar-refractivity contribution in [1.29, 1.82) is 0 Å². The molecule has 19 heavy (non-hydrogen) atoms. The van der Waals surface area contributed by atoms with Gasteiger partial charge in [-0.15, -0.1) is 5.10 Å². The number of carboxylic acids is 1. The fraction of sp³-hybridized carbons (Fsp3) is 0.250. The van der Waals surface area contributed by atoms with Crippen LogP contribution in [0.2, 0.25) is 0 Å². The number of benzene rings is 1. The molecule has 2 rings (SSSR count). The lowest BCUT2D eigenvalue weighted by molar-refractivity contribution is -0.136. The van der Waals surface area contributed by atoms with Gasteiger partial charge in [-0.3, -0.25) is 4.79 Å². The van der Waals surface area contributed by atoms with E-state index in [0.29, 0.717) is 18.8 Å². The monoisotopic (exact) mass is 325 g/mol. The molecular formula is C12H12BrN3O3. The molecule has 6 nitrogen and oxygen atoms in total. The molecule has 0 spiro atoms. The third-order valence-electron chi connectivity index (χ3n) is 2.32. The van der Waals surface area contributed by atoms with Crippen LogP contribution in [0.5, 0.6) is 5.75 Å². The molecule has 2 aromatic rings. The summed E-state index contributed by atoms with van der Waals surface area (Å²) in [5.41, 5.74) is 0.441. The molecule has 0 aliphatic heterocycles. The fourth-order valence-corrected chi connectivity index (χ4v) is 1.74. The summed E-state index contributed by atoms with van der Waals surface area (Å²) in [5, 5.41) is 16.2. The van der Waals surface area contributed by atoms with Gasteiger partial charge in [0.15, 0.2) is 0 Å². The molecule has 7 heteroatoms. The molecule has 0 fully saturated rings. The van der Waals surface area contributed by atoms with Crippen molar-refractivity contribution in [3.05, 3.63) is 40.6 Å². The minimum Gasteiger partial charge on any atom is -0.492 e. The van der Waals surface area contributed by atoms with Crippen LogP contribution in [0.15, 0.2) is 34.9 Å². The van der Waals surface area contributed by atoms with E-state index >= 15 is 0 Å². The molecule has 0 aliphatic carbocycles. The molecule has 0 unspecified atom stereocenters. The second-order valence-corrected chi connectivity index (χ2v) is 4.76. The Hall–Kier alpha value is -1.89. The van der Waals surface area contributed by atoms with E-state index in [1.165, 1.54) is 0 Å². The van der Waals surface area contributed by atoms with E-state index in [1.54, 1.807) is 10.9 Å². The van der Waals surface area contributed by atoms with Crippen molar-refractivity contribution in [3.63, 3.8) is 0 Å². The topological polar surface area (TPSA) is 77.2 Å². The van der Waals surface area contributed by atoms with Crippen molar-refractivity contribution < 1.29 is 14.6 Å². The van der Waals surface area contributed by atoms with Crippen molar-refractivity contribution in [2.45, 2.75) is 13.0 Å². The number of aromatic nitrogens is 3. The highest BCUT2D eigenvalue weighted by molar-refractivity contribution is 9.10. The van der Waals surface area contributed by atoms with E-state index in [2.05, 4.69) is 26.2 Å². The van der Waals surface area contributed by atoms with Crippen LogP contribution in [0.25, 0.3) is 0 Å². The van der Waals surface area contributed by atoms with Crippen LogP contribution in [0.4, 0.5) is 0 Å². The van der Waals surface area contributed by atoms with E-state index in [9.17, 15) is 4.79 Å². The first-order valence-corrected chi connectivity index (χ1v) is 6.42. The van der Waals surface area contributed by atoms with Gasteiger partial charge in [-0.2, -0.15) is 0 Å². The van der Waals surface area contributed by atoms with Crippen molar-refractivity contribution in [1.82, 2.24) is 15.0 Å². The average molecular weight is 326 g/mol. The molecule has 1 N–H and O–H groups in total. The zero-order chi connectivity index (χ0) is 13.7. The van der Waals surface area contributed by atoms with Gasteiger partial charge in [-0.1, -0.05) is 21.1 Å². The first kappa shape index (κ1) is 13.5. The molecule has 0 saturated heterocycles. The lowest BCUT2D eigenvalue weighted by Crippen LogP contribution is -2.08. The summed E-state index contributed by atoms with van der Waals surface area (Å²) in [5.74, 6) is -0.146. The molecule has 0 saturated carbocycles. The summed E-state index contributed by atoms with van der Waals surface area (Å²) in [4.78, 5) is 10.5. The predicted octanol–water partition coefficient (Wildman–Crippen LogP) is 1.75. The normalized spacial score (nSPS) is 10.4. The Bertz CT molecular complexity index is 554. The Morgan fingerprint density at radius 2 is 2.11 bits per heavy atom. The van der Waals surface area contributed by atoms with E-state index in [0.717, 1.165) is 10.2 Å². The molecule has 0 radical (unpaired) electrons. The largest absolute Gasteiger partial charge is 0.492 e. The van der Waals surface area contributed by atoms with E-state index in [1.807, 2.05) is 24.3 Å². The number of hydrogen-bond donors (Lipinski definition) is 1. The van der Waals surface area contributed by atoms with Crippen LogP contribution in [0.1, 0.15) is 5.69 Å². The Labute approximate surface area is 118 Å². The zero-order valence-electron chi connectivity index (χ0n) is 9.99. The first-order chi connectivity index (χ1) is 9.13. The minimum atomic E-state index is -0.918. The van der Waals surface area contributed by atoms with Crippen molar-refractivity contribution >= 4 is 21.9 Å². The summed E-state index contributed by atoms with van der Waals surface area (Å²) in [7, 11) is 0. The number of aliphatic carboxylic acids is 1. The molecule has 1 heterocycles. The highest BCUT2D eigenvalue weighted by Crippen LogP contribution is 2.15. The lowest BCUT2D eigenvalue weighted by Gasteiger charge is -2.05. The smallest absolute Gasteiger partial charge is 0.309 e. The second kappa shape index (κ2) is 6.33. The molecule has 0 aliphatic rings. The molecule has 1 aromatic heterocycles. The Morgan fingerprint density at radius 3 is 2.79 bits per heavy atom. The molecular weight excluding hydrogens is 314 g/mol. The molecule has 0 bridgehead atoms. The van der Waals surface area contributed by atoms with Gasteiger partial charge in [0.05, 0.1) is 18.7 Å². The van der Waals surface area contributed by atoms with Crippen LogP contribution in [-0.2, 0) is 17.8 Å². The predicted molar refractivity (Wildman–Crippen MR) is 71.0 cm³/mol. The Balaban J connectivity index is 1.80.